The largest absolute Gasteiger partial charge is 0.490 e. The number of hydrogen-bond donors (Lipinski definition) is 0. The third-order valence-corrected chi connectivity index (χ3v) is 3.87. The van der Waals surface area contributed by atoms with E-state index in [1.165, 1.54) is 13.2 Å². The van der Waals surface area contributed by atoms with Gasteiger partial charge < -0.3 is 9.64 Å². The molecule has 0 spiro atoms. The molecule has 1 heterocycles. The fourth-order valence-corrected chi connectivity index (χ4v) is 2.62. The molecule has 0 unspecified atom stereocenters. The quantitative estimate of drug-likeness (QED) is 0.474. The molecule has 0 saturated heterocycles. The van der Waals surface area contributed by atoms with E-state index in [0.717, 1.165) is 17.5 Å². The highest BCUT2D eigenvalue weighted by molar-refractivity contribution is 6.17. The summed E-state index contributed by atoms with van der Waals surface area (Å²) in [5, 5.41) is 11.1. The molecule has 0 saturated carbocycles. The van der Waals surface area contributed by atoms with Crippen molar-refractivity contribution in [3.8, 4) is 5.75 Å². The SMILES string of the molecule is COc1cc2c(cc1[N+](=O)[O-])CCN(CCCCl)C(=O)C2. The number of benzene rings is 1. The van der Waals surface area contributed by atoms with Crippen LogP contribution in [0.4, 0.5) is 5.69 Å². The van der Waals surface area contributed by atoms with Crippen LogP contribution in [0.3, 0.4) is 0 Å². The fraction of sp³-hybridized carbons (Fsp3) is 0.500. The number of carbonyl (C=O) groups is 1. The first-order valence-electron chi connectivity index (χ1n) is 6.74. The highest BCUT2D eigenvalue weighted by Crippen LogP contribution is 2.32. The molecule has 1 aromatic rings. The Morgan fingerprint density at radius 2 is 2.19 bits per heavy atom. The molecule has 0 fully saturated rings. The molecule has 1 aliphatic heterocycles. The smallest absolute Gasteiger partial charge is 0.311 e. The van der Waals surface area contributed by atoms with Crippen LogP contribution in [0.25, 0.3) is 0 Å². The Hall–Kier alpha value is -1.82. The molecule has 6 nitrogen and oxygen atoms in total. The lowest BCUT2D eigenvalue weighted by molar-refractivity contribution is -0.385. The van der Waals surface area contributed by atoms with Gasteiger partial charge in [0.25, 0.3) is 0 Å². The number of amides is 1. The molecule has 1 aromatic carbocycles. The number of nitro groups is 1. The molecule has 0 atom stereocenters. The summed E-state index contributed by atoms with van der Waals surface area (Å²) in [6, 6.07) is 3.13. The summed E-state index contributed by atoms with van der Waals surface area (Å²) in [5.41, 5.74) is 1.58. The minimum absolute atomic E-state index is 0.0229. The molecule has 1 aliphatic rings. The van der Waals surface area contributed by atoms with Crippen LogP contribution in [0, 0.1) is 10.1 Å². The maximum Gasteiger partial charge on any atom is 0.311 e. The highest BCUT2D eigenvalue weighted by Gasteiger charge is 2.25. The minimum Gasteiger partial charge on any atom is -0.490 e. The summed E-state index contributed by atoms with van der Waals surface area (Å²) in [7, 11) is 1.39. The summed E-state index contributed by atoms with van der Waals surface area (Å²) in [6.07, 6.45) is 1.59. The first kappa shape index (κ1) is 15.6. The van der Waals surface area contributed by atoms with Gasteiger partial charge in [-0.25, -0.2) is 0 Å². The maximum absolute atomic E-state index is 12.2. The zero-order valence-corrected chi connectivity index (χ0v) is 12.6. The van der Waals surface area contributed by atoms with E-state index in [-0.39, 0.29) is 23.8 Å². The first-order chi connectivity index (χ1) is 10.1. The summed E-state index contributed by atoms with van der Waals surface area (Å²) in [4.78, 5) is 24.6. The van der Waals surface area contributed by atoms with Gasteiger partial charge in [-0.15, -0.1) is 11.6 Å². The maximum atomic E-state index is 12.2. The van der Waals surface area contributed by atoms with Crippen LogP contribution in [0.15, 0.2) is 12.1 Å². The Morgan fingerprint density at radius 3 is 2.81 bits per heavy atom. The van der Waals surface area contributed by atoms with Crippen molar-refractivity contribution in [3.63, 3.8) is 0 Å². The Morgan fingerprint density at radius 1 is 1.43 bits per heavy atom. The number of rotatable bonds is 5. The number of halogens is 1. The normalized spacial score (nSPS) is 14.6. The number of hydrogen-bond acceptors (Lipinski definition) is 4. The predicted molar refractivity (Wildman–Crippen MR) is 79.0 cm³/mol. The molecule has 0 N–H and O–H groups in total. The van der Waals surface area contributed by atoms with Gasteiger partial charge in [-0.3, -0.25) is 14.9 Å². The Balaban J connectivity index is 2.30. The summed E-state index contributed by atoms with van der Waals surface area (Å²) < 4.78 is 5.06. The van der Waals surface area contributed by atoms with Crippen LogP contribution in [0.2, 0.25) is 0 Å². The molecule has 0 aliphatic carbocycles. The standard InChI is InChI=1S/C14H17ClN2O4/c1-21-13-8-11-9-14(18)16(5-2-4-15)6-3-10(11)7-12(13)17(19)20/h7-8H,2-6,9H2,1H3. The number of nitro benzene ring substituents is 1. The second-order valence-electron chi connectivity index (χ2n) is 4.90. The second kappa shape index (κ2) is 6.76. The molecular formula is C14H17ClN2O4. The van der Waals surface area contributed by atoms with Crippen LogP contribution >= 0.6 is 11.6 Å². The molecule has 21 heavy (non-hydrogen) atoms. The van der Waals surface area contributed by atoms with Crippen molar-refractivity contribution >= 4 is 23.2 Å². The molecule has 114 valence electrons. The summed E-state index contributed by atoms with van der Waals surface area (Å²) >= 11 is 5.66. The molecule has 0 aromatic heterocycles. The van der Waals surface area contributed by atoms with Crippen LogP contribution in [-0.4, -0.2) is 41.8 Å². The summed E-state index contributed by atoms with van der Waals surface area (Å²) in [5.74, 6) is 0.728. The van der Waals surface area contributed by atoms with Gasteiger partial charge in [0, 0.05) is 25.0 Å². The van der Waals surface area contributed by atoms with Crippen molar-refractivity contribution in [2.75, 3.05) is 26.1 Å². The molecule has 0 radical (unpaired) electrons. The molecule has 2 rings (SSSR count). The average Bonchev–Trinajstić information content (AvgIpc) is 2.61. The van der Waals surface area contributed by atoms with Crippen LogP contribution in [0.5, 0.6) is 5.75 Å². The van der Waals surface area contributed by atoms with Crippen molar-refractivity contribution in [3.05, 3.63) is 33.4 Å². The lowest BCUT2D eigenvalue weighted by Gasteiger charge is -2.19. The van der Waals surface area contributed by atoms with E-state index in [9.17, 15) is 14.9 Å². The second-order valence-corrected chi connectivity index (χ2v) is 5.28. The lowest BCUT2D eigenvalue weighted by atomic mass is 10.0. The van der Waals surface area contributed by atoms with E-state index in [1.54, 1.807) is 11.0 Å². The zero-order chi connectivity index (χ0) is 15.4. The van der Waals surface area contributed by atoms with Crippen LogP contribution in [0.1, 0.15) is 17.5 Å². The van der Waals surface area contributed by atoms with Gasteiger partial charge in [0.15, 0.2) is 5.75 Å². The van der Waals surface area contributed by atoms with E-state index >= 15 is 0 Å². The van der Waals surface area contributed by atoms with E-state index < -0.39 is 4.92 Å². The van der Waals surface area contributed by atoms with Crippen molar-refractivity contribution in [1.82, 2.24) is 4.90 Å². The van der Waals surface area contributed by atoms with Crippen molar-refractivity contribution < 1.29 is 14.5 Å². The Kier molecular flexibility index (Phi) is 5.01. The van der Waals surface area contributed by atoms with Crippen molar-refractivity contribution in [2.45, 2.75) is 19.3 Å². The fourth-order valence-electron chi connectivity index (χ4n) is 2.50. The number of carbonyl (C=O) groups excluding carboxylic acids is 1. The number of methoxy groups -OCH3 is 1. The number of alkyl halides is 1. The average molecular weight is 313 g/mol. The lowest BCUT2D eigenvalue weighted by Crippen LogP contribution is -2.33. The van der Waals surface area contributed by atoms with E-state index in [0.29, 0.717) is 25.4 Å². The third kappa shape index (κ3) is 3.44. The molecule has 7 heteroatoms. The predicted octanol–water partition coefficient (Wildman–Crippen LogP) is 2.16. The van der Waals surface area contributed by atoms with Gasteiger partial charge in [0.05, 0.1) is 18.5 Å². The topological polar surface area (TPSA) is 72.7 Å². The first-order valence-corrected chi connectivity index (χ1v) is 7.28. The number of ether oxygens (including phenoxy) is 1. The van der Waals surface area contributed by atoms with Gasteiger partial charge >= 0.3 is 5.69 Å². The van der Waals surface area contributed by atoms with Gasteiger partial charge in [-0.05, 0) is 30.0 Å². The van der Waals surface area contributed by atoms with Crippen molar-refractivity contribution in [1.29, 1.82) is 0 Å². The van der Waals surface area contributed by atoms with Crippen molar-refractivity contribution in [2.24, 2.45) is 0 Å². The molecule has 1 amide bonds. The van der Waals surface area contributed by atoms with Crippen LogP contribution in [-0.2, 0) is 17.6 Å². The monoisotopic (exact) mass is 312 g/mol. The van der Waals surface area contributed by atoms with Gasteiger partial charge in [0.2, 0.25) is 5.91 Å². The summed E-state index contributed by atoms with van der Waals surface area (Å²) in [6.45, 7) is 1.18. The van der Waals surface area contributed by atoms with Crippen LogP contribution < -0.4 is 4.74 Å². The number of nitrogens with zero attached hydrogens (tertiary/aromatic N) is 2. The van der Waals surface area contributed by atoms with Gasteiger partial charge in [-0.1, -0.05) is 0 Å². The zero-order valence-electron chi connectivity index (χ0n) is 11.8. The van der Waals surface area contributed by atoms with E-state index in [2.05, 4.69) is 0 Å². The van der Waals surface area contributed by atoms with E-state index in [1.807, 2.05) is 0 Å². The van der Waals surface area contributed by atoms with Gasteiger partial charge in [-0.2, -0.15) is 0 Å². The van der Waals surface area contributed by atoms with E-state index in [4.69, 9.17) is 16.3 Å². The molecular weight excluding hydrogens is 296 g/mol. The molecule has 0 bridgehead atoms. The number of fused-ring (bicyclic) bond motifs is 1. The minimum atomic E-state index is -0.461. The third-order valence-electron chi connectivity index (χ3n) is 3.60. The Bertz CT molecular complexity index is 562. The van der Waals surface area contributed by atoms with Gasteiger partial charge in [0.1, 0.15) is 0 Å². The Labute approximate surface area is 127 Å². The highest BCUT2D eigenvalue weighted by atomic mass is 35.5.